The van der Waals surface area contributed by atoms with Gasteiger partial charge in [-0.1, -0.05) is 35.9 Å². The van der Waals surface area contributed by atoms with Gasteiger partial charge in [0.1, 0.15) is 0 Å². The first kappa shape index (κ1) is 9.86. The minimum absolute atomic E-state index is 0.0437. The average Bonchev–Trinajstić information content (AvgIpc) is 2.25. The van der Waals surface area contributed by atoms with Gasteiger partial charge in [0, 0.05) is 5.54 Å². The first-order valence-corrected chi connectivity index (χ1v) is 5.97. The summed E-state index contributed by atoms with van der Waals surface area (Å²) in [4.78, 5) is 0. The van der Waals surface area contributed by atoms with Crippen molar-refractivity contribution in [3.63, 3.8) is 0 Å². The smallest absolute Gasteiger partial charge is 0.0409 e. The molecule has 1 fully saturated rings. The maximum absolute atomic E-state index is 6.35. The van der Waals surface area contributed by atoms with Gasteiger partial charge in [0.2, 0.25) is 0 Å². The molecular weight excluding hydrogens is 194 g/mol. The van der Waals surface area contributed by atoms with Gasteiger partial charge in [0.25, 0.3) is 0 Å². The lowest BCUT2D eigenvalue weighted by molar-refractivity contribution is 0.254. The molecule has 1 aliphatic rings. The van der Waals surface area contributed by atoms with Gasteiger partial charge in [-0.2, -0.15) is 0 Å². The second kappa shape index (κ2) is 3.33. The lowest BCUT2D eigenvalue weighted by Gasteiger charge is -2.38. The molecule has 2 aromatic carbocycles. The first-order chi connectivity index (χ1) is 7.67. The van der Waals surface area contributed by atoms with Crippen molar-refractivity contribution >= 4 is 10.8 Å². The molecule has 0 heterocycles. The van der Waals surface area contributed by atoms with Crippen molar-refractivity contribution in [1.82, 2.24) is 0 Å². The number of aryl methyl sites for hydroxylation is 1. The summed E-state index contributed by atoms with van der Waals surface area (Å²) in [6.07, 6.45) is 3.52. The maximum Gasteiger partial charge on any atom is 0.0409 e. The van der Waals surface area contributed by atoms with Crippen molar-refractivity contribution < 1.29 is 0 Å². The van der Waals surface area contributed by atoms with Gasteiger partial charge < -0.3 is 5.73 Å². The molecule has 0 atom stereocenters. The molecule has 0 bridgehead atoms. The number of fused-ring (bicyclic) bond motifs is 1. The Morgan fingerprint density at radius 1 is 1.00 bits per heavy atom. The molecule has 1 aliphatic carbocycles. The molecule has 16 heavy (non-hydrogen) atoms. The highest BCUT2D eigenvalue weighted by molar-refractivity contribution is 5.84. The van der Waals surface area contributed by atoms with Crippen LogP contribution in [0.2, 0.25) is 0 Å². The Labute approximate surface area is 96.3 Å². The van der Waals surface area contributed by atoms with Gasteiger partial charge in [-0.25, -0.2) is 0 Å². The van der Waals surface area contributed by atoms with E-state index >= 15 is 0 Å². The summed E-state index contributed by atoms with van der Waals surface area (Å²) >= 11 is 0. The van der Waals surface area contributed by atoms with Crippen LogP contribution in [-0.2, 0) is 5.54 Å². The molecular formula is C15H17N. The number of hydrogen-bond donors (Lipinski definition) is 1. The molecule has 0 amide bonds. The van der Waals surface area contributed by atoms with Gasteiger partial charge in [-0.15, -0.1) is 0 Å². The van der Waals surface area contributed by atoms with Crippen LogP contribution in [0.25, 0.3) is 10.8 Å². The van der Waals surface area contributed by atoms with Crippen LogP contribution < -0.4 is 5.73 Å². The minimum Gasteiger partial charge on any atom is -0.321 e. The zero-order valence-electron chi connectivity index (χ0n) is 9.66. The fourth-order valence-corrected chi connectivity index (χ4v) is 2.52. The van der Waals surface area contributed by atoms with E-state index in [2.05, 4.69) is 43.3 Å². The van der Waals surface area contributed by atoms with Crippen LogP contribution in [0.4, 0.5) is 0 Å². The second-order valence-corrected chi connectivity index (χ2v) is 5.08. The van der Waals surface area contributed by atoms with Gasteiger partial charge in [-0.3, -0.25) is 0 Å². The molecule has 1 saturated carbocycles. The highest BCUT2D eigenvalue weighted by Gasteiger charge is 2.34. The van der Waals surface area contributed by atoms with E-state index in [1.807, 2.05) is 0 Å². The molecule has 0 aliphatic heterocycles. The topological polar surface area (TPSA) is 26.0 Å². The standard InChI is InChI=1S/C15H17N/c1-11-3-4-12-5-6-14(10-13(12)9-11)15(16)7-2-8-15/h3-6,9-10H,2,7-8,16H2,1H3. The third-order valence-electron chi connectivity index (χ3n) is 3.82. The fourth-order valence-electron chi connectivity index (χ4n) is 2.52. The summed E-state index contributed by atoms with van der Waals surface area (Å²) in [5.41, 5.74) is 8.92. The second-order valence-electron chi connectivity index (χ2n) is 5.08. The van der Waals surface area contributed by atoms with Crippen LogP contribution in [-0.4, -0.2) is 0 Å². The monoisotopic (exact) mass is 211 g/mol. The maximum atomic E-state index is 6.35. The summed E-state index contributed by atoms with van der Waals surface area (Å²) in [7, 11) is 0. The fraction of sp³-hybridized carbons (Fsp3) is 0.333. The minimum atomic E-state index is -0.0437. The van der Waals surface area contributed by atoms with E-state index in [9.17, 15) is 0 Å². The lowest BCUT2D eigenvalue weighted by atomic mass is 9.72. The van der Waals surface area contributed by atoms with E-state index in [0.717, 1.165) is 12.8 Å². The predicted octanol–water partition coefficient (Wildman–Crippen LogP) is 3.49. The van der Waals surface area contributed by atoms with E-state index in [-0.39, 0.29) is 5.54 Å². The molecule has 0 saturated heterocycles. The Balaban J connectivity index is 2.14. The quantitative estimate of drug-likeness (QED) is 0.767. The lowest BCUT2D eigenvalue weighted by Crippen LogP contribution is -2.43. The number of hydrogen-bond acceptors (Lipinski definition) is 1. The molecule has 1 heteroatoms. The Morgan fingerprint density at radius 3 is 2.44 bits per heavy atom. The van der Waals surface area contributed by atoms with Crippen molar-refractivity contribution in [2.45, 2.75) is 31.7 Å². The number of rotatable bonds is 1. The van der Waals surface area contributed by atoms with Crippen LogP contribution in [0, 0.1) is 6.92 Å². The number of nitrogens with two attached hydrogens (primary N) is 1. The van der Waals surface area contributed by atoms with E-state index in [1.54, 1.807) is 0 Å². The van der Waals surface area contributed by atoms with E-state index in [4.69, 9.17) is 5.73 Å². The summed E-state index contributed by atoms with van der Waals surface area (Å²) in [6, 6.07) is 13.2. The van der Waals surface area contributed by atoms with E-state index in [1.165, 1.54) is 28.3 Å². The normalized spacial score (nSPS) is 18.4. The van der Waals surface area contributed by atoms with Gasteiger partial charge >= 0.3 is 0 Å². The molecule has 82 valence electrons. The van der Waals surface area contributed by atoms with Gasteiger partial charge in [-0.05, 0) is 48.6 Å². The summed E-state index contributed by atoms with van der Waals surface area (Å²) in [6.45, 7) is 2.13. The third-order valence-corrected chi connectivity index (χ3v) is 3.82. The average molecular weight is 211 g/mol. The molecule has 1 nitrogen and oxygen atoms in total. The zero-order valence-corrected chi connectivity index (χ0v) is 9.66. The predicted molar refractivity (Wildman–Crippen MR) is 68.4 cm³/mol. The van der Waals surface area contributed by atoms with E-state index < -0.39 is 0 Å². The molecule has 0 radical (unpaired) electrons. The van der Waals surface area contributed by atoms with Crippen LogP contribution in [0.1, 0.15) is 30.4 Å². The van der Waals surface area contributed by atoms with Gasteiger partial charge in [0.15, 0.2) is 0 Å². The molecule has 0 spiro atoms. The van der Waals surface area contributed by atoms with Crippen molar-refractivity contribution in [3.05, 3.63) is 47.5 Å². The van der Waals surface area contributed by atoms with Gasteiger partial charge in [0.05, 0.1) is 0 Å². The first-order valence-electron chi connectivity index (χ1n) is 5.97. The highest BCUT2D eigenvalue weighted by atomic mass is 14.8. The third kappa shape index (κ3) is 1.43. The molecule has 0 unspecified atom stereocenters. The zero-order chi connectivity index (χ0) is 11.2. The summed E-state index contributed by atoms with van der Waals surface area (Å²) in [5, 5.41) is 2.62. The van der Waals surface area contributed by atoms with Crippen molar-refractivity contribution in [3.8, 4) is 0 Å². The molecule has 2 N–H and O–H groups in total. The van der Waals surface area contributed by atoms with Crippen molar-refractivity contribution in [1.29, 1.82) is 0 Å². The highest BCUT2D eigenvalue weighted by Crippen LogP contribution is 2.39. The van der Waals surface area contributed by atoms with Crippen LogP contribution >= 0.6 is 0 Å². The Morgan fingerprint density at radius 2 is 1.75 bits per heavy atom. The summed E-state index contributed by atoms with van der Waals surface area (Å²) < 4.78 is 0. The summed E-state index contributed by atoms with van der Waals surface area (Å²) in [5.74, 6) is 0. The SMILES string of the molecule is Cc1ccc2ccc(C3(N)CCC3)cc2c1. The Hall–Kier alpha value is -1.34. The molecule has 0 aromatic heterocycles. The Kier molecular flexibility index (Phi) is 2.05. The molecule has 2 aromatic rings. The van der Waals surface area contributed by atoms with Crippen LogP contribution in [0.3, 0.4) is 0 Å². The van der Waals surface area contributed by atoms with E-state index in [0.29, 0.717) is 0 Å². The van der Waals surface area contributed by atoms with Crippen LogP contribution in [0.5, 0.6) is 0 Å². The number of benzene rings is 2. The molecule has 3 rings (SSSR count). The Bertz CT molecular complexity index is 538. The van der Waals surface area contributed by atoms with Crippen LogP contribution in [0.15, 0.2) is 36.4 Å². The van der Waals surface area contributed by atoms with Crippen molar-refractivity contribution in [2.24, 2.45) is 5.73 Å². The van der Waals surface area contributed by atoms with Crippen molar-refractivity contribution in [2.75, 3.05) is 0 Å². The largest absolute Gasteiger partial charge is 0.321 e.